The first-order chi connectivity index (χ1) is 8.04. The number of halogens is 1. The molecule has 0 radical (unpaired) electrons. The molecule has 0 bridgehead atoms. The van der Waals surface area contributed by atoms with Crippen molar-refractivity contribution >= 4 is 5.91 Å². The molecule has 5 nitrogen and oxygen atoms in total. The summed E-state index contributed by atoms with van der Waals surface area (Å²) < 4.78 is 17.9. The Morgan fingerprint density at radius 1 is 1.59 bits per heavy atom. The van der Waals surface area contributed by atoms with Gasteiger partial charge in [0, 0.05) is 19.7 Å². The number of phenolic OH excluding ortho intramolecular Hbond substituents is 1. The number of ether oxygens (including phenoxy) is 1. The van der Waals surface area contributed by atoms with E-state index in [4.69, 9.17) is 10.5 Å². The van der Waals surface area contributed by atoms with Crippen molar-refractivity contribution in [3.8, 4) is 5.75 Å². The summed E-state index contributed by atoms with van der Waals surface area (Å²) in [6.07, 6.45) is 0. The monoisotopic (exact) mass is 242 g/mol. The highest BCUT2D eigenvalue weighted by Gasteiger charge is 2.18. The first-order valence-corrected chi connectivity index (χ1v) is 5.05. The number of carbonyl (C=O) groups excluding carboxylic acids is 1. The molecule has 0 fully saturated rings. The largest absolute Gasteiger partial charge is 0.508 e. The van der Waals surface area contributed by atoms with Gasteiger partial charge in [-0.2, -0.15) is 0 Å². The van der Waals surface area contributed by atoms with Crippen molar-refractivity contribution in [2.75, 3.05) is 20.3 Å². The van der Waals surface area contributed by atoms with E-state index < -0.39 is 17.8 Å². The molecule has 1 aromatic rings. The van der Waals surface area contributed by atoms with Gasteiger partial charge in [-0.15, -0.1) is 0 Å². The molecule has 0 saturated carbocycles. The van der Waals surface area contributed by atoms with Gasteiger partial charge in [-0.1, -0.05) is 0 Å². The lowest BCUT2D eigenvalue weighted by atomic mass is 10.1. The number of nitrogens with two attached hydrogens (primary N) is 1. The zero-order valence-electron chi connectivity index (χ0n) is 9.44. The molecular weight excluding hydrogens is 227 g/mol. The maximum atomic E-state index is 13.1. The molecule has 0 aromatic heterocycles. The number of aromatic hydroxyl groups is 1. The summed E-state index contributed by atoms with van der Waals surface area (Å²) in [4.78, 5) is 11.2. The molecule has 4 N–H and O–H groups in total. The predicted molar refractivity (Wildman–Crippen MR) is 59.9 cm³/mol. The zero-order valence-corrected chi connectivity index (χ0v) is 9.44. The lowest BCUT2D eigenvalue weighted by molar-refractivity contribution is -0.120. The topological polar surface area (TPSA) is 84.6 Å². The van der Waals surface area contributed by atoms with Crippen LogP contribution < -0.4 is 11.1 Å². The van der Waals surface area contributed by atoms with Crippen molar-refractivity contribution in [3.05, 3.63) is 29.6 Å². The number of rotatable bonds is 6. The molecule has 1 rings (SSSR count). The van der Waals surface area contributed by atoms with E-state index in [1.165, 1.54) is 13.2 Å². The minimum Gasteiger partial charge on any atom is -0.508 e. The molecule has 1 amide bonds. The number of methoxy groups -OCH3 is 1. The molecule has 1 atom stereocenters. The Morgan fingerprint density at radius 2 is 2.29 bits per heavy atom. The second kappa shape index (κ2) is 6.17. The number of nitrogens with one attached hydrogen (secondary N) is 1. The minimum atomic E-state index is -0.855. The Hall–Kier alpha value is -1.66. The summed E-state index contributed by atoms with van der Waals surface area (Å²) in [6, 6.07) is 2.54. The van der Waals surface area contributed by atoms with E-state index in [2.05, 4.69) is 5.32 Å². The molecule has 6 heteroatoms. The van der Waals surface area contributed by atoms with E-state index in [1.807, 2.05) is 0 Å². The second-order valence-corrected chi connectivity index (χ2v) is 3.53. The zero-order chi connectivity index (χ0) is 12.8. The molecule has 0 heterocycles. The molecule has 1 unspecified atom stereocenters. The fourth-order valence-electron chi connectivity index (χ4n) is 1.45. The van der Waals surface area contributed by atoms with Gasteiger partial charge < -0.3 is 15.6 Å². The molecule has 17 heavy (non-hydrogen) atoms. The van der Waals surface area contributed by atoms with E-state index in [1.54, 1.807) is 0 Å². The highest BCUT2D eigenvalue weighted by Crippen LogP contribution is 2.20. The molecule has 94 valence electrons. The molecular formula is C11H15FN2O3. The first kappa shape index (κ1) is 13.4. The van der Waals surface area contributed by atoms with Gasteiger partial charge in [0.15, 0.2) is 0 Å². The number of amides is 1. The summed E-state index contributed by atoms with van der Waals surface area (Å²) in [5, 5.41) is 12.1. The van der Waals surface area contributed by atoms with Crippen LogP contribution in [0.1, 0.15) is 11.6 Å². The Kier molecular flexibility index (Phi) is 4.86. The number of benzene rings is 1. The van der Waals surface area contributed by atoms with Crippen LogP contribution in [-0.2, 0) is 9.53 Å². The predicted octanol–water partition coefficient (Wildman–Crippen LogP) is 0.294. The van der Waals surface area contributed by atoms with E-state index in [-0.39, 0.29) is 11.3 Å². The van der Waals surface area contributed by atoms with E-state index in [0.29, 0.717) is 13.2 Å². The maximum Gasteiger partial charge on any atom is 0.239 e. The van der Waals surface area contributed by atoms with Crippen LogP contribution in [0.25, 0.3) is 0 Å². The number of phenols is 1. The molecule has 0 aliphatic rings. The quantitative estimate of drug-likeness (QED) is 0.626. The molecule has 0 aliphatic carbocycles. The molecule has 0 saturated heterocycles. The van der Waals surface area contributed by atoms with Crippen molar-refractivity contribution < 1.29 is 19.0 Å². The van der Waals surface area contributed by atoms with E-state index in [0.717, 1.165) is 12.1 Å². The average Bonchev–Trinajstić information content (AvgIpc) is 2.22. The molecule has 1 aromatic carbocycles. The van der Waals surface area contributed by atoms with Gasteiger partial charge in [-0.3, -0.25) is 10.1 Å². The van der Waals surface area contributed by atoms with Gasteiger partial charge in [-0.05, 0) is 17.7 Å². The van der Waals surface area contributed by atoms with Crippen LogP contribution in [-0.4, -0.2) is 31.3 Å². The minimum absolute atomic E-state index is 0.250. The van der Waals surface area contributed by atoms with Crippen LogP contribution in [0, 0.1) is 5.82 Å². The Morgan fingerprint density at radius 3 is 2.82 bits per heavy atom. The maximum absolute atomic E-state index is 13.1. The third kappa shape index (κ3) is 4.01. The highest BCUT2D eigenvalue weighted by molar-refractivity contribution is 5.81. The van der Waals surface area contributed by atoms with Crippen molar-refractivity contribution in [3.63, 3.8) is 0 Å². The lowest BCUT2D eigenvalue weighted by Crippen LogP contribution is -2.35. The van der Waals surface area contributed by atoms with Crippen molar-refractivity contribution in [2.24, 2.45) is 5.73 Å². The molecule has 0 spiro atoms. The number of hydrogen-bond donors (Lipinski definition) is 3. The fraction of sp³-hybridized carbons (Fsp3) is 0.364. The number of carbonyl (C=O) groups is 1. The standard InChI is InChI=1S/C11H15FN2O3/c1-17-3-2-14-10(11(13)16)7-4-8(12)6-9(15)5-7/h4-6,10,14-15H,2-3H2,1H3,(H2,13,16). The summed E-state index contributed by atoms with van der Waals surface area (Å²) in [6.45, 7) is 0.784. The van der Waals surface area contributed by atoms with Gasteiger partial charge >= 0.3 is 0 Å². The van der Waals surface area contributed by atoms with Crippen LogP contribution in [0.5, 0.6) is 5.75 Å². The van der Waals surface area contributed by atoms with Crippen LogP contribution in [0.15, 0.2) is 18.2 Å². The van der Waals surface area contributed by atoms with Gasteiger partial charge in [0.2, 0.25) is 5.91 Å². The van der Waals surface area contributed by atoms with Crippen molar-refractivity contribution in [1.29, 1.82) is 0 Å². The number of hydrogen-bond acceptors (Lipinski definition) is 4. The smallest absolute Gasteiger partial charge is 0.239 e. The molecule has 0 aliphatic heterocycles. The Bertz CT molecular complexity index is 378. The van der Waals surface area contributed by atoms with Crippen LogP contribution >= 0.6 is 0 Å². The average molecular weight is 242 g/mol. The summed E-state index contributed by atoms with van der Waals surface area (Å²) >= 11 is 0. The normalized spacial score (nSPS) is 12.4. The Labute approximate surface area is 98.4 Å². The highest BCUT2D eigenvalue weighted by atomic mass is 19.1. The van der Waals surface area contributed by atoms with Crippen LogP contribution in [0.4, 0.5) is 4.39 Å². The van der Waals surface area contributed by atoms with Crippen molar-refractivity contribution in [1.82, 2.24) is 5.32 Å². The SMILES string of the molecule is COCCNC(C(N)=O)c1cc(O)cc(F)c1. The first-order valence-electron chi connectivity index (χ1n) is 5.05. The van der Waals surface area contributed by atoms with Gasteiger partial charge in [0.25, 0.3) is 0 Å². The number of primary amides is 1. The summed E-state index contributed by atoms with van der Waals surface area (Å²) in [5.74, 6) is -1.52. The summed E-state index contributed by atoms with van der Waals surface area (Å²) in [7, 11) is 1.52. The third-order valence-corrected chi connectivity index (χ3v) is 2.18. The van der Waals surface area contributed by atoms with E-state index in [9.17, 15) is 14.3 Å². The lowest BCUT2D eigenvalue weighted by Gasteiger charge is -2.15. The van der Waals surface area contributed by atoms with Crippen LogP contribution in [0.2, 0.25) is 0 Å². The van der Waals surface area contributed by atoms with Gasteiger partial charge in [0.05, 0.1) is 6.61 Å². The van der Waals surface area contributed by atoms with Gasteiger partial charge in [-0.25, -0.2) is 4.39 Å². The summed E-state index contributed by atoms with van der Waals surface area (Å²) in [5.41, 5.74) is 5.49. The van der Waals surface area contributed by atoms with Crippen molar-refractivity contribution in [2.45, 2.75) is 6.04 Å². The van der Waals surface area contributed by atoms with Crippen LogP contribution in [0.3, 0.4) is 0 Å². The fourth-order valence-corrected chi connectivity index (χ4v) is 1.45. The third-order valence-electron chi connectivity index (χ3n) is 2.18. The second-order valence-electron chi connectivity index (χ2n) is 3.53. The Balaban J connectivity index is 2.85. The van der Waals surface area contributed by atoms with E-state index >= 15 is 0 Å². The van der Waals surface area contributed by atoms with Gasteiger partial charge in [0.1, 0.15) is 17.6 Å².